The molecule has 0 spiro atoms. The van der Waals surface area contributed by atoms with Crippen molar-refractivity contribution in [2.45, 2.75) is 51.6 Å². The van der Waals surface area contributed by atoms with Gasteiger partial charge in [-0.25, -0.2) is 0 Å². The maximum atomic E-state index is 12.7. The van der Waals surface area contributed by atoms with Crippen LogP contribution in [0.2, 0.25) is 0 Å². The number of ether oxygens (including phenoxy) is 1. The van der Waals surface area contributed by atoms with Gasteiger partial charge in [0.25, 0.3) is 10.2 Å². The van der Waals surface area contributed by atoms with Crippen LogP contribution in [-0.2, 0) is 19.7 Å². The van der Waals surface area contributed by atoms with Crippen LogP contribution in [0.3, 0.4) is 0 Å². The van der Waals surface area contributed by atoms with Crippen molar-refractivity contribution >= 4 is 16.2 Å². The molecule has 8 heteroatoms. The lowest BCUT2D eigenvalue weighted by molar-refractivity contribution is -0.142. The number of hydrogen-bond donors (Lipinski definition) is 1. The van der Waals surface area contributed by atoms with Gasteiger partial charge in [-0.1, -0.05) is 13.8 Å². The maximum Gasteiger partial charge on any atom is 0.323 e. The number of carbonyl (C=O) groups excluding carboxylic acids is 1. The van der Waals surface area contributed by atoms with Crippen molar-refractivity contribution in [2.75, 3.05) is 32.8 Å². The Labute approximate surface area is 144 Å². The molecule has 3 aliphatic heterocycles. The smallest absolute Gasteiger partial charge is 0.323 e. The minimum absolute atomic E-state index is 0.0452. The van der Waals surface area contributed by atoms with E-state index in [0.717, 1.165) is 38.8 Å². The van der Waals surface area contributed by atoms with Crippen LogP contribution < -0.4 is 4.72 Å². The molecule has 3 saturated heterocycles. The second-order valence-electron chi connectivity index (χ2n) is 7.67. The third-order valence-electron chi connectivity index (χ3n) is 5.37. The topological polar surface area (TPSA) is 79.0 Å². The van der Waals surface area contributed by atoms with Crippen LogP contribution in [0.4, 0.5) is 0 Å². The molecule has 7 nitrogen and oxygen atoms in total. The lowest BCUT2D eigenvalue weighted by Gasteiger charge is -2.37. The molecular weight excluding hydrogens is 330 g/mol. The molecule has 0 saturated carbocycles. The number of rotatable bonds is 4. The first-order valence-electron chi connectivity index (χ1n) is 9.03. The monoisotopic (exact) mass is 359 g/mol. The molecule has 1 N–H and O–H groups in total. The summed E-state index contributed by atoms with van der Waals surface area (Å²) >= 11 is 0. The average Bonchev–Trinajstić information content (AvgIpc) is 2.93. The summed E-state index contributed by atoms with van der Waals surface area (Å²) in [6.07, 6.45) is 3.31. The summed E-state index contributed by atoms with van der Waals surface area (Å²) < 4.78 is 34.8. The summed E-state index contributed by atoms with van der Waals surface area (Å²) in [6, 6.07) is -0.178. The molecule has 0 radical (unpaired) electrons. The molecule has 0 bridgehead atoms. The lowest BCUT2D eigenvalue weighted by atomic mass is 9.94. The SMILES string of the molecule is C[C@@H]1C[C@@H](C)CN(S(=O)(=O)NC2CCN([C@H]3CCOC3=O)CC2)C1. The Hall–Kier alpha value is -0.700. The third-order valence-corrected chi connectivity index (χ3v) is 6.98. The summed E-state index contributed by atoms with van der Waals surface area (Å²) in [7, 11) is -3.42. The molecule has 0 aromatic heterocycles. The molecule has 0 amide bonds. The quantitative estimate of drug-likeness (QED) is 0.743. The van der Waals surface area contributed by atoms with Crippen LogP contribution in [0.15, 0.2) is 0 Å². The van der Waals surface area contributed by atoms with Gasteiger partial charge in [0.15, 0.2) is 0 Å². The number of hydrogen-bond acceptors (Lipinski definition) is 5. The molecule has 0 unspecified atom stereocenters. The van der Waals surface area contributed by atoms with Gasteiger partial charge in [-0.15, -0.1) is 0 Å². The molecule has 0 aromatic carbocycles. The van der Waals surface area contributed by atoms with Gasteiger partial charge >= 0.3 is 5.97 Å². The second kappa shape index (κ2) is 7.27. The Bertz CT molecular complexity index is 550. The highest BCUT2D eigenvalue weighted by Gasteiger charge is 2.36. The van der Waals surface area contributed by atoms with Gasteiger partial charge in [-0.05, 0) is 31.1 Å². The summed E-state index contributed by atoms with van der Waals surface area (Å²) in [5, 5.41) is 0. The summed E-state index contributed by atoms with van der Waals surface area (Å²) in [5.41, 5.74) is 0. The van der Waals surface area contributed by atoms with Crippen molar-refractivity contribution in [3.63, 3.8) is 0 Å². The second-order valence-corrected chi connectivity index (χ2v) is 9.37. The van der Waals surface area contributed by atoms with E-state index in [2.05, 4.69) is 23.5 Å². The minimum atomic E-state index is -3.42. The predicted octanol–water partition coefficient (Wildman–Crippen LogP) is 0.579. The fourth-order valence-corrected chi connectivity index (χ4v) is 5.94. The molecule has 3 atom stereocenters. The van der Waals surface area contributed by atoms with Crippen molar-refractivity contribution in [3.05, 3.63) is 0 Å². The largest absolute Gasteiger partial charge is 0.464 e. The van der Waals surface area contributed by atoms with Crippen molar-refractivity contribution in [2.24, 2.45) is 11.8 Å². The number of nitrogens with one attached hydrogen (secondary N) is 1. The normalized spacial score (nSPS) is 34.4. The van der Waals surface area contributed by atoms with Crippen LogP contribution in [0, 0.1) is 11.8 Å². The van der Waals surface area contributed by atoms with Gasteiger partial charge in [0.2, 0.25) is 0 Å². The van der Waals surface area contributed by atoms with E-state index < -0.39 is 10.2 Å². The van der Waals surface area contributed by atoms with Crippen LogP contribution in [-0.4, -0.2) is 68.5 Å². The standard InChI is InChI=1S/C16H29N3O4S/c1-12-9-13(2)11-19(10-12)24(21,22)17-14-3-6-18(7-4-14)15-5-8-23-16(15)20/h12-15,17H,3-11H2,1-2H3/t12-,13-,15+/m1/s1. The van der Waals surface area contributed by atoms with Gasteiger partial charge in [0.1, 0.15) is 6.04 Å². The fourth-order valence-electron chi connectivity index (χ4n) is 4.23. The zero-order valence-electron chi connectivity index (χ0n) is 14.6. The van der Waals surface area contributed by atoms with Gasteiger partial charge in [0, 0.05) is 38.6 Å². The van der Waals surface area contributed by atoms with Crippen molar-refractivity contribution in [3.8, 4) is 0 Å². The number of cyclic esters (lactones) is 1. The number of nitrogens with zero attached hydrogens (tertiary/aromatic N) is 2. The van der Waals surface area contributed by atoms with E-state index in [4.69, 9.17) is 4.74 Å². The van der Waals surface area contributed by atoms with Crippen LogP contribution in [0.1, 0.15) is 39.5 Å². The molecule has 0 aromatic rings. The Morgan fingerprint density at radius 2 is 1.71 bits per heavy atom. The van der Waals surface area contributed by atoms with Gasteiger partial charge in [0.05, 0.1) is 6.61 Å². The van der Waals surface area contributed by atoms with E-state index in [1.165, 1.54) is 0 Å². The molecular formula is C16H29N3O4S. The van der Waals surface area contributed by atoms with E-state index in [1.807, 2.05) is 0 Å². The lowest BCUT2D eigenvalue weighted by Crippen LogP contribution is -2.54. The zero-order valence-corrected chi connectivity index (χ0v) is 15.4. The molecule has 3 fully saturated rings. The zero-order chi connectivity index (χ0) is 17.3. The van der Waals surface area contributed by atoms with Gasteiger partial charge in [-0.3, -0.25) is 9.69 Å². The number of esters is 1. The first kappa shape index (κ1) is 18.1. The number of piperidine rings is 2. The Morgan fingerprint density at radius 1 is 1.08 bits per heavy atom. The van der Waals surface area contributed by atoms with Crippen LogP contribution in [0.25, 0.3) is 0 Å². The van der Waals surface area contributed by atoms with E-state index in [9.17, 15) is 13.2 Å². The third kappa shape index (κ3) is 4.09. The summed E-state index contributed by atoms with van der Waals surface area (Å²) in [4.78, 5) is 13.8. The molecule has 0 aliphatic carbocycles. The van der Waals surface area contributed by atoms with E-state index >= 15 is 0 Å². The highest BCUT2D eigenvalue weighted by atomic mass is 32.2. The molecule has 3 rings (SSSR count). The van der Waals surface area contributed by atoms with E-state index in [0.29, 0.717) is 31.5 Å². The average molecular weight is 359 g/mol. The van der Waals surface area contributed by atoms with E-state index in [-0.39, 0.29) is 18.1 Å². The van der Waals surface area contributed by atoms with Crippen LogP contribution in [0.5, 0.6) is 0 Å². The fraction of sp³-hybridized carbons (Fsp3) is 0.938. The molecule has 3 heterocycles. The number of carbonyl (C=O) groups is 1. The van der Waals surface area contributed by atoms with Gasteiger partial charge in [-0.2, -0.15) is 17.4 Å². The molecule has 3 aliphatic rings. The Morgan fingerprint density at radius 3 is 2.25 bits per heavy atom. The first-order chi connectivity index (χ1) is 11.3. The van der Waals surface area contributed by atoms with Crippen molar-refractivity contribution < 1.29 is 17.9 Å². The van der Waals surface area contributed by atoms with Crippen molar-refractivity contribution in [1.82, 2.24) is 13.9 Å². The predicted molar refractivity (Wildman–Crippen MR) is 90.5 cm³/mol. The summed E-state index contributed by atoms with van der Waals surface area (Å²) in [6.45, 7) is 7.40. The number of likely N-dealkylation sites (tertiary alicyclic amines) is 1. The summed E-state index contributed by atoms with van der Waals surface area (Å²) in [5.74, 6) is 0.673. The molecule has 24 heavy (non-hydrogen) atoms. The van der Waals surface area contributed by atoms with Gasteiger partial charge < -0.3 is 4.74 Å². The Kier molecular flexibility index (Phi) is 5.48. The minimum Gasteiger partial charge on any atom is -0.464 e. The Balaban J connectivity index is 1.52. The highest BCUT2D eigenvalue weighted by Crippen LogP contribution is 2.24. The van der Waals surface area contributed by atoms with E-state index in [1.54, 1.807) is 4.31 Å². The highest BCUT2D eigenvalue weighted by molar-refractivity contribution is 7.87. The van der Waals surface area contributed by atoms with Crippen LogP contribution >= 0.6 is 0 Å². The first-order valence-corrected chi connectivity index (χ1v) is 10.5. The van der Waals surface area contributed by atoms with Crippen molar-refractivity contribution in [1.29, 1.82) is 0 Å². The molecule has 138 valence electrons. The maximum absolute atomic E-state index is 12.7.